The van der Waals surface area contributed by atoms with Crippen molar-refractivity contribution in [3.63, 3.8) is 0 Å². The maximum Gasteiger partial charge on any atom is 0.346 e. The van der Waals surface area contributed by atoms with E-state index in [-0.39, 0.29) is 18.5 Å². The molecule has 0 spiro atoms. The van der Waals surface area contributed by atoms with Gasteiger partial charge in [-0.2, -0.15) is 0 Å². The van der Waals surface area contributed by atoms with Gasteiger partial charge in [-0.15, -0.1) is 0 Å². The first-order valence-corrected chi connectivity index (χ1v) is 5.90. The van der Waals surface area contributed by atoms with E-state index in [4.69, 9.17) is 4.42 Å². The Morgan fingerprint density at radius 2 is 2.11 bits per heavy atom. The van der Waals surface area contributed by atoms with E-state index < -0.39 is 11.9 Å². The quantitative estimate of drug-likeness (QED) is 0.823. The molecule has 0 unspecified atom stereocenters. The van der Waals surface area contributed by atoms with Crippen molar-refractivity contribution in [2.24, 2.45) is 0 Å². The van der Waals surface area contributed by atoms with Crippen LogP contribution >= 0.6 is 0 Å². The Balaban J connectivity index is 2.09. The highest BCUT2D eigenvalue weighted by molar-refractivity contribution is 6.04. The predicted octanol–water partition coefficient (Wildman–Crippen LogP) is 0.905. The molecular formula is C12H15N3O4. The molecule has 1 aromatic rings. The molecule has 0 aliphatic carbocycles. The number of nitrogens with zero attached hydrogens (tertiary/aromatic N) is 2. The second kappa shape index (κ2) is 4.75. The van der Waals surface area contributed by atoms with Crippen molar-refractivity contribution in [1.29, 1.82) is 0 Å². The number of rotatable bonds is 3. The van der Waals surface area contributed by atoms with Crippen molar-refractivity contribution in [3.05, 3.63) is 23.7 Å². The number of carbonyl (C=O) groups excluding carboxylic acids is 3. The summed E-state index contributed by atoms with van der Waals surface area (Å²) in [6, 6.07) is 0.750. The third-order valence-electron chi connectivity index (χ3n) is 2.86. The van der Waals surface area contributed by atoms with Gasteiger partial charge in [0.25, 0.3) is 11.8 Å². The monoisotopic (exact) mass is 265 g/mol. The second-order valence-corrected chi connectivity index (χ2v) is 4.56. The zero-order chi connectivity index (χ0) is 14.2. The van der Waals surface area contributed by atoms with Gasteiger partial charge in [-0.1, -0.05) is 0 Å². The third kappa shape index (κ3) is 2.31. The number of amides is 4. The Bertz CT molecular complexity index is 535. The molecule has 7 heteroatoms. The molecule has 4 amide bonds. The van der Waals surface area contributed by atoms with E-state index in [2.05, 4.69) is 5.43 Å². The highest BCUT2D eigenvalue weighted by atomic mass is 16.3. The first-order valence-electron chi connectivity index (χ1n) is 5.90. The Kier molecular flexibility index (Phi) is 3.28. The summed E-state index contributed by atoms with van der Waals surface area (Å²) >= 11 is 0. The number of nitrogens with one attached hydrogen (secondary N) is 1. The van der Waals surface area contributed by atoms with Crippen LogP contribution in [0.25, 0.3) is 0 Å². The first-order chi connectivity index (χ1) is 8.91. The summed E-state index contributed by atoms with van der Waals surface area (Å²) in [6.07, 6.45) is 1.39. The third-order valence-corrected chi connectivity index (χ3v) is 2.86. The second-order valence-electron chi connectivity index (χ2n) is 4.56. The SMILES string of the molecule is Cc1occc1C(=O)NN1CC(=O)N(C(C)C)C1=O. The summed E-state index contributed by atoms with van der Waals surface area (Å²) in [5.41, 5.74) is 2.75. The molecule has 1 aliphatic rings. The summed E-state index contributed by atoms with van der Waals surface area (Å²) in [6.45, 7) is 4.97. The zero-order valence-electron chi connectivity index (χ0n) is 11.0. The molecule has 1 fully saturated rings. The van der Waals surface area contributed by atoms with Crippen LogP contribution in [0.5, 0.6) is 0 Å². The average Bonchev–Trinajstić information content (AvgIpc) is 2.84. The van der Waals surface area contributed by atoms with Gasteiger partial charge in [-0.25, -0.2) is 9.80 Å². The molecule has 2 rings (SSSR count). The molecule has 0 bridgehead atoms. The van der Waals surface area contributed by atoms with Crippen LogP contribution in [0, 0.1) is 6.92 Å². The van der Waals surface area contributed by atoms with E-state index in [1.165, 1.54) is 12.3 Å². The van der Waals surface area contributed by atoms with Crippen molar-refractivity contribution < 1.29 is 18.8 Å². The summed E-state index contributed by atoms with van der Waals surface area (Å²) in [4.78, 5) is 36.6. The molecule has 2 heterocycles. The lowest BCUT2D eigenvalue weighted by atomic mass is 10.2. The van der Waals surface area contributed by atoms with Crippen LogP contribution in [0.3, 0.4) is 0 Å². The van der Waals surface area contributed by atoms with Gasteiger partial charge >= 0.3 is 6.03 Å². The highest BCUT2D eigenvalue weighted by Gasteiger charge is 2.38. The summed E-state index contributed by atoms with van der Waals surface area (Å²) < 4.78 is 5.02. The Morgan fingerprint density at radius 1 is 1.42 bits per heavy atom. The minimum Gasteiger partial charge on any atom is -0.469 e. The van der Waals surface area contributed by atoms with Crippen LogP contribution in [0.15, 0.2) is 16.7 Å². The van der Waals surface area contributed by atoms with E-state index in [9.17, 15) is 14.4 Å². The molecule has 102 valence electrons. The molecule has 0 atom stereocenters. The lowest BCUT2D eigenvalue weighted by Crippen LogP contribution is -2.46. The van der Waals surface area contributed by atoms with Gasteiger partial charge in [-0.3, -0.25) is 19.9 Å². The van der Waals surface area contributed by atoms with Crippen molar-refractivity contribution in [2.45, 2.75) is 26.8 Å². The molecule has 0 aromatic carbocycles. The van der Waals surface area contributed by atoms with Gasteiger partial charge in [0, 0.05) is 6.04 Å². The van der Waals surface area contributed by atoms with E-state index in [0.29, 0.717) is 11.3 Å². The van der Waals surface area contributed by atoms with Gasteiger partial charge in [0.15, 0.2) is 0 Å². The van der Waals surface area contributed by atoms with Gasteiger partial charge in [-0.05, 0) is 26.8 Å². The van der Waals surface area contributed by atoms with Crippen molar-refractivity contribution >= 4 is 17.8 Å². The van der Waals surface area contributed by atoms with E-state index >= 15 is 0 Å². The first kappa shape index (κ1) is 13.1. The van der Waals surface area contributed by atoms with Crippen LogP contribution in [0.2, 0.25) is 0 Å². The van der Waals surface area contributed by atoms with Crippen LogP contribution in [-0.2, 0) is 4.79 Å². The normalized spacial score (nSPS) is 15.6. The Hall–Kier alpha value is -2.31. The fourth-order valence-corrected chi connectivity index (χ4v) is 1.92. The maximum absolute atomic E-state index is 11.9. The molecule has 7 nitrogen and oxygen atoms in total. The number of furan rings is 1. The summed E-state index contributed by atoms with van der Waals surface area (Å²) in [7, 11) is 0. The molecule has 0 saturated carbocycles. The standard InChI is InChI=1S/C12H15N3O4/c1-7(2)15-10(16)6-14(12(15)18)13-11(17)9-4-5-19-8(9)3/h4-5,7H,6H2,1-3H3,(H,13,17). The average molecular weight is 265 g/mol. The highest BCUT2D eigenvalue weighted by Crippen LogP contribution is 2.13. The summed E-state index contributed by atoms with van der Waals surface area (Å²) in [5, 5.41) is 1.01. The lowest BCUT2D eigenvalue weighted by Gasteiger charge is -2.20. The fraction of sp³-hybridized carbons (Fsp3) is 0.417. The minimum absolute atomic E-state index is 0.153. The van der Waals surface area contributed by atoms with Crippen LogP contribution in [0.1, 0.15) is 30.0 Å². The number of aryl methyl sites for hydroxylation is 1. The predicted molar refractivity (Wildman–Crippen MR) is 65.0 cm³/mol. The van der Waals surface area contributed by atoms with Gasteiger partial charge in [0.2, 0.25) is 0 Å². The molecule has 0 radical (unpaired) electrons. The minimum atomic E-state index is -0.519. The Labute approximate surface area is 110 Å². The fourth-order valence-electron chi connectivity index (χ4n) is 1.92. The van der Waals surface area contributed by atoms with Gasteiger partial charge in [0.1, 0.15) is 12.3 Å². The largest absolute Gasteiger partial charge is 0.469 e. The number of hydrogen-bond donors (Lipinski definition) is 1. The van der Waals surface area contributed by atoms with Crippen molar-refractivity contribution in [2.75, 3.05) is 6.54 Å². The van der Waals surface area contributed by atoms with Gasteiger partial charge < -0.3 is 4.42 Å². The number of hydrazine groups is 1. The van der Waals surface area contributed by atoms with Crippen molar-refractivity contribution in [3.8, 4) is 0 Å². The van der Waals surface area contributed by atoms with Gasteiger partial charge in [0.05, 0.1) is 11.8 Å². The lowest BCUT2D eigenvalue weighted by molar-refractivity contribution is -0.126. The van der Waals surface area contributed by atoms with E-state index in [0.717, 1.165) is 9.91 Å². The number of urea groups is 1. The van der Waals surface area contributed by atoms with Crippen LogP contribution in [0.4, 0.5) is 4.79 Å². The van der Waals surface area contributed by atoms with Crippen LogP contribution < -0.4 is 5.43 Å². The zero-order valence-corrected chi connectivity index (χ0v) is 11.0. The molecule has 1 aromatic heterocycles. The van der Waals surface area contributed by atoms with E-state index in [1.807, 2.05) is 0 Å². The smallest absolute Gasteiger partial charge is 0.346 e. The van der Waals surface area contributed by atoms with Crippen LogP contribution in [-0.4, -0.2) is 40.3 Å². The molecule has 1 saturated heterocycles. The number of hydrogen-bond acceptors (Lipinski definition) is 4. The van der Waals surface area contributed by atoms with Crippen molar-refractivity contribution in [1.82, 2.24) is 15.3 Å². The Morgan fingerprint density at radius 3 is 2.58 bits per heavy atom. The molecular weight excluding hydrogens is 250 g/mol. The topological polar surface area (TPSA) is 82.9 Å². The molecule has 19 heavy (non-hydrogen) atoms. The maximum atomic E-state index is 11.9. The molecule has 1 N–H and O–H groups in total. The molecule has 1 aliphatic heterocycles. The summed E-state index contributed by atoms with van der Waals surface area (Å²) in [5.74, 6) is -0.349. The number of carbonyl (C=O) groups is 3. The number of imide groups is 1. The van der Waals surface area contributed by atoms with E-state index in [1.54, 1.807) is 20.8 Å².